The minimum absolute atomic E-state index is 0.0194. The molecule has 1 atom stereocenters. The fraction of sp³-hybridized carbons (Fsp3) is 0.350. The van der Waals surface area contributed by atoms with Crippen molar-refractivity contribution in [2.45, 2.75) is 32.2 Å². The van der Waals surface area contributed by atoms with Gasteiger partial charge in [-0.1, -0.05) is 43.3 Å². The summed E-state index contributed by atoms with van der Waals surface area (Å²) in [6.07, 6.45) is 2.38. The van der Waals surface area contributed by atoms with Crippen molar-refractivity contribution >= 4 is 5.91 Å². The lowest BCUT2D eigenvalue weighted by Gasteiger charge is -2.38. The molecule has 0 spiro atoms. The first-order chi connectivity index (χ1) is 11.2. The average molecular weight is 309 g/mol. The van der Waals surface area contributed by atoms with Crippen LogP contribution in [0, 0.1) is 0 Å². The largest absolute Gasteiger partial charge is 0.497 e. The van der Waals surface area contributed by atoms with Crippen LogP contribution in [0.5, 0.6) is 5.75 Å². The summed E-state index contributed by atoms with van der Waals surface area (Å²) in [5.41, 5.74) is 3.65. The van der Waals surface area contributed by atoms with Gasteiger partial charge in [-0.15, -0.1) is 0 Å². The standard InChI is InChI=1S/C20H23NO2/c1-3-7-19(22)21-13-12-15-10-11-17(23-2)14-18(15)20(21)16-8-5-4-6-9-16/h4-6,8-11,14,20H,3,7,12-13H2,1-2H3. The van der Waals surface area contributed by atoms with Gasteiger partial charge in [-0.25, -0.2) is 0 Å². The van der Waals surface area contributed by atoms with Crippen molar-refractivity contribution in [1.29, 1.82) is 0 Å². The Morgan fingerprint density at radius 1 is 1.22 bits per heavy atom. The van der Waals surface area contributed by atoms with E-state index in [1.165, 1.54) is 11.1 Å². The van der Waals surface area contributed by atoms with E-state index < -0.39 is 0 Å². The third kappa shape index (κ3) is 3.09. The Hall–Kier alpha value is -2.29. The molecule has 23 heavy (non-hydrogen) atoms. The zero-order valence-corrected chi connectivity index (χ0v) is 13.8. The van der Waals surface area contributed by atoms with Crippen molar-refractivity contribution in [3.05, 3.63) is 65.2 Å². The van der Waals surface area contributed by atoms with Crippen LogP contribution in [-0.4, -0.2) is 24.5 Å². The van der Waals surface area contributed by atoms with Crippen LogP contribution in [0.2, 0.25) is 0 Å². The summed E-state index contributed by atoms with van der Waals surface area (Å²) in [6, 6.07) is 16.5. The molecule has 3 rings (SSSR count). The van der Waals surface area contributed by atoms with Crippen LogP contribution >= 0.6 is 0 Å². The topological polar surface area (TPSA) is 29.5 Å². The van der Waals surface area contributed by atoms with Gasteiger partial charge in [-0.3, -0.25) is 4.79 Å². The van der Waals surface area contributed by atoms with Crippen LogP contribution in [0.1, 0.15) is 42.5 Å². The second-order valence-corrected chi connectivity index (χ2v) is 5.97. The second-order valence-electron chi connectivity index (χ2n) is 5.97. The number of carbonyl (C=O) groups excluding carboxylic acids is 1. The van der Waals surface area contributed by atoms with Crippen LogP contribution in [-0.2, 0) is 11.2 Å². The lowest BCUT2D eigenvalue weighted by Crippen LogP contribution is -2.40. The van der Waals surface area contributed by atoms with E-state index in [-0.39, 0.29) is 11.9 Å². The number of hydrogen-bond donors (Lipinski definition) is 0. The van der Waals surface area contributed by atoms with Crippen LogP contribution < -0.4 is 4.74 Å². The molecule has 3 nitrogen and oxygen atoms in total. The molecule has 0 saturated heterocycles. The number of nitrogens with zero attached hydrogens (tertiary/aromatic N) is 1. The third-order valence-corrected chi connectivity index (χ3v) is 4.48. The Bertz CT molecular complexity index is 681. The van der Waals surface area contributed by atoms with Gasteiger partial charge in [0.15, 0.2) is 0 Å². The van der Waals surface area contributed by atoms with Gasteiger partial charge in [-0.2, -0.15) is 0 Å². The maximum absolute atomic E-state index is 12.6. The molecule has 2 aromatic rings. The minimum atomic E-state index is -0.0194. The molecule has 1 unspecified atom stereocenters. The monoisotopic (exact) mass is 309 g/mol. The van der Waals surface area contributed by atoms with Gasteiger partial charge in [0.05, 0.1) is 13.2 Å². The summed E-state index contributed by atoms with van der Waals surface area (Å²) in [7, 11) is 1.68. The Balaban J connectivity index is 2.08. The quantitative estimate of drug-likeness (QED) is 0.855. The maximum Gasteiger partial charge on any atom is 0.223 e. The van der Waals surface area contributed by atoms with Crippen molar-refractivity contribution < 1.29 is 9.53 Å². The van der Waals surface area contributed by atoms with Gasteiger partial charge in [0.25, 0.3) is 0 Å². The molecular weight excluding hydrogens is 286 g/mol. The van der Waals surface area contributed by atoms with Crippen molar-refractivity contribution in [1.82, 2.24) is 4.90 Å². The number of amides is 1. The second kappa shape index (κ2) is 6.86. The number of ether oxygens (including phenoxy) is 1. The van der Waals surface area contributed by atoms with E-state index in [0.29, 0.717) is 6.42 Å². The zero-order valence-electron chi connectivity index (χ0n) is 13.8. The van der Waals surface area contributed by atoms with Gasteiger partial charge in [0.1, 0.15) is 5.75 Å². The number of carbonyl (C=O) groups is 1. The predicted molar refractivity (Wildman–Crippen MR) is 91.6 cm³/mol. The first-order valence-corrected chi connectivity index (χ1v) is 8.25. The van der Waals surface area contributed by atoms with Gasteiger partial charge in [0.2, 0.25) is 5.91 Å². The molecule has 3 heteroatoms. The van der Waals surface area contributed by atoms with E-state index in [4.69, 9.17) is 4.74 Å². The highest BCUT2D eigenvalue weighted by Gasteiger charge is 2.31. The van der Waals surface area contributed by atoms with Crippen LogP contribution in [0.25, 0.3) is 0 Å². The molecule has 1 heterocycles. The molecule has 0 saturated carbocycles. The van der Waals surface area contributed by atoms with Crippen LogP contribution in [0.3, 0.4) is 0 Å². The van der Waals surface area contributed by atoms with Crippen molar-refractivity contribution in [3.63, 3.8) is 0 Å². The smallest absolute Gasteiger partial charge is 0.223 e. The molecule has 2 aromatic carbocycles. The van der Waals surface area contributed by atoms with E-state index in [1.54, 1.807) is 7.11 Å². The van der Waals surface area contributed by atoms with Crippen molar-refractivity contribution in [3.8, 4) is 5.75 Å². The van der Waals surface area contributed by atoms with E-state index in [0.717, 1.165) is 30.7 Å². The lowest BCUT2D eigenvalue weighted by molar-refractivity contribution is -0.133. The highest BCUT2D eigenvalue weighted by atomic mass is 16.5. The fourth-order valence-corrected chi connectivity index (χ4v) is 3.34. The molecule has 0 radical (unpaired) electrons. The van der Waals surface area contributed by atoms with Crippen LogP contribution in [0.15, 0.2) is 48.5 Å². The summed E-state index contributed by atoms with van der Waals surface area (Å²) >= 11 is 0. The number of hydrogen-bond acceptors (Lipinski definition) is 2. The Labute approximate surface area is 137 Å². The summed E-state index contributed by atoms with van der Waals surface area (Å²) in [5, 5.41) is 0. The van der Waals surface area contributed by atoms with Crippen LogP contribution in [0.4, 0.5) is 0 Å². The van der Waals surface area contributed by atoms with Gasteiger partial charge >= 0.3 is 0 Å². The molecule has 1 aliphatic rings. The average Bonchev–Trinajstić information content (AvgIpc) is 2.61. The molecule has 1 aliphatic heterocycles. The zero-order chi connectivity index (χ0) is 16.2. The lowest BCUT2D eigenvalue weighted by atomic mass is 9.87. The van der Waals surface area contributed by atoms with E-state index >= 15 is 0 Å². The first-order valence-electron chi connectivity index (χ1n) is 8.25. The minimum Gasteiger partial charge on any atom is -0.497 e. The van der Waals surface area contributed by atoms with E-state index in [1.807, 2.05) is 29.2 Å². The Morgan fingerprint density at radius 2 is 2.00 bits per heavy atom. The molecule has 0 bridgehead atoms. The summed E-state index contributed by atoms with van der Waals surface area (Å²) in [4.78, 5) is 14.7. The third-order valence-electron chi connectivity index (χ3n) is 4.48. The summed E-state index contributed by atoms with van der Waals surface area (Å²) < 4.78 is 5.40. The number of rotatable bonds is 4. The molecule has 0 aliphatic carbocycles. The van der Waals surface area contributed by atoms with E-state index in [2.05, 4.69) is 31.2 Å². The molecule has 1 amide bonds. The molecule has 120 valence electrons. The highest BCUT2D eigenvalue weighted by Crippen LogP contribution is 2.37. The fourth-order valence-electron chi connectivity index (χ4n) is 3.34. The summed E-state index contributed by atoms with van der Waals surface area (Å²) in [5.74, 6) is 1.07. The SMILES string of the molecule is CCCC(=O)N1CCc2ccc(OC)cc2C1c1ccccc1. The maximum atomic E-state index is 12.6. The molecular formula is C20H23NO2. The van der Waals surface area contributed by atoms with Gasteiger partial charge in [0, 0.05) is 13.0 Å². The highest BCUT2D eigenvalue weighted by molar-refractivity contribution is 5.77. The van der Waals surface area contributed by atoms with Crippen molar-refractivity contribution in [2.75, 3.05) is 13.7 Å². The van der Waals surface area contributed by atoms with Gasteiger partial charge in [-0.05, 0) is 41.7 Å². The number of fused-ring (bicyclic) bond motifs is 1. The summed E-state index contributed by atoms with van der Waals surface area (Å²) in [6.45, 7) is 2.83. The number of benzene rings is 2. The molecule has 0 aromatic heterocycles. The normalized spacial score (nSPS) is 16.8. The number of methoxy groups -OCH3 is 1. The Morgan fingerprint density at radius 3 is 2.70 bits per heavy atom. The van der Waals surface area contributed by atoms with Crippen molar-refractivity contribution in [2.24, 2.45) is 0 Å². The predicted octanol–water partition coefficient (Wildman–Crippen LogP) is 3.97. The first kappa shape index (κ1) is 15.6. The molecule has 0 fully saturated rings. The van der Waals surface area contributed by atoms with E-state index in [9.17, 15) is 4.79 Å². The van der Waals surface area contributed by atoms with Gasteiger partial charge < -0.3 is 9.64 Å². The molecule has 0 N–H and O–H groups in total. The Kier molecular flexibility index (Phi) is 4.65.